The number of ether oxygens (including phenoxy) is 1. The Labute approximate surface area is 214 Å². The minimum absolute atomic E-state index is 0.0217. The van der Waals surface area contributed by atoms with Crippen molar-refractivity contribution in [3.05, 3.63) is 70.4 Å². The summed E-state index contributed by atoms with van der Waals surface area (Å²) in [6.45, 7) is 0.0525. The Morgan fingerprint density at radius 1 is 1.00 bits per heavy atom. The van der Waals surface area contributed by atoms with E-state index >= 15 is 0 Å². The summed E-state index contributed by atoms with van der Waals surface area (Å²) in [7, 11) is 0. The Morgan fingerprint density at radius 2 is 1.75 bits per heavy atom. The van der Waals surface area contributed by atoms with Gasteiger partial charge in [-0.2, -0.15) is 0 Å². The van der Waals surface area contributed by atoms with E-state index in [0.29, 0.717) is 17.4 Å². The van der Waals surface area contributed by atoms with Crippen LogP contribution in [-0.2, 0) is 16.0 Å². The fourth-order valence-electron chi connectivity index (χ4n) is 5.26. The van der Waals surface area contributed by atoms with Crippen LogP contribution in [0.4, 0.5) is 0 Å². The van der Waals surface area contributed by atoms with Gasteiger partial charge in [-0.25, -0.2) is 0 Å². The topological polar surface area (TPSA) is 104 Å². The first-order valence-corrected chi connectivity index (χ1v) is 13.1. The van der Waals surface area contributed by atoms with E-state index in [0.717, 1.165) is 34.9 Å². The molecule has 1 amide bonds. The van der Waals surface area contributed by atoms with E-state index in [1.54, 1.807) is 4.57 Å². The zero-order chi connectivity index (χ0) is 25.0. The Kier molecular flexibility index (Phi) is 6.30. The molecule has 5 atom stereocenters. The number of aliphatic hydroxyl groups excluding tert-OH is 3. The normalized spacial score (nSPS) is 28.4. The molecule has 2 saturated carbocycles. The van der Waals surface area contributed by atoms with Gasteiger partial charge in [0.25, 0.3) is 0 Å². The summed E-state index contributed by atoms with van der Waals surface area (Å²) in [5.74, 6) is 0.647. The van der Waals surface area contributed by atoms with E-state index in [1.807, 2.05) is 24.4 Å². The molecule has 190 valence electrons. The van der Waals surface area contributed by atoms with Crippen LogP contribution < -0.4 is 5.32 Å². The molecular formula is C28H31ClN2O5. The molecule has 1 saturated heterocycles. The number of benzene rings is 2. The molecule has 1 aliphatic heterocycles. The van der Waals surface area contributed by atoms with Gasteiger partial charge in [-0.3, -0.25) is 4.79 Å². The quantitative estimate of drug-likeness (QED) is 0.390. The maximum absolute atomic E-state index is 12.1. The largest absolute Gasteiger partial charge is 0.388 e. The van der Waals surface area contributed by atoms with E-state index in [2.05, 4.69) is 29.6 Å². The molecule has 3 fully saturated rings. The zero-order valence-corrected chi connectivity index (χ0v) is 20.6. The number of nitrogens with one attached hydrogen (secondary N) is 1. The van der Waals surface area contributed by atoms with E-state index in [9.17, 15) is 20.1 Å². The Bertz CT molecular complexity index is 1270. The van der Waals surface area contributed by atoms with Crippen LogP contribution in [0.25, 0.3) is 10.9 Å². The maximum Gasteiger partial charge on any atom is 0.223 e. The van der Waals surface area contributed by atoms with Gasteiger partial charge in [0.05, 0.1) is 10.5 Å². The summed E-state index contributed by atoms with van der Waals surface area (Å²) in [5, 5.41) is 36.3. The number of halogens is 1. The van der Waals surface area contributed by atoms with Gasteiger partial charge in [-0.15, -0.1) is 0 Å². The summed E-state index contributed by atoms with van der Waals surface area (Å²) in [5.41, 5.74) is 4.27. The number of carbonyl (C=O) groups is 1. The predicted octanol–water partition coefficient (Wildman–Crippen LogP) is 3.27. The van der Waals surface area contributed by atoms with Gasteiger partial charge in [0.2, 0.25) is 5.91 Å². The first kappa shape index (κ1) is 23.9. The van der Waals surface area contributed by atoms with Crippen molar-refractivity contribution in [3.63, 3.8) is 0 Å². The van der Waals surface area contributed by atoms with Crippen molar-refractivity contribution in [1.82, 2.24) is 9.88 Å². The highest BCUT2D eigenvalue weighted by Gasteiger charge is 2.45. The molecule has 6 rings (SSSR count). The van der Waals surface area contributed by atoms with Crippen molar-refractivity contribution in [2.24, 2.45) is 5.92 Å². The first-order valence-electron chi connectivity index (χ1n) is 12.7. The molecule has 2 heterocycles. The summed E-state index contributed by atoms with van der Waals surface area (Å²) < 4.78 is 7.91. The Hall–Kier alpha value is -2.42. The zero-order valence-electron chi connectivity index (χ0n) is 19.9. The molecule has 3 aliphatic rings. The summed E-state index contributed by atoms with van der Waals surface area (Å²) in [4.78, 5) is 12.1. The number of carbonyl (C=O) groups excluding carboxylic acids is 1. The number of aliphatic hydroxyl groups is 3. The summed E-state index contributed by atoms with van der Waals surface area (Å²) >= 11 is 6.64. The number of fused-ring (bicyclic) bond motifs is 1. The number of amides is 1. The minimum Gasteiger partial charge on any atom is -0.388 e. The van der Waals surface area contributed by atoms with E-state index in [1.165, 1.54) is 18.4 Å². The van der Waals surface area contributed by atoms with Gasteiger partial charge in [-0.05, 0) is 66.8 Å². The molecule has 8 heteroatoms. The highest BCUT2D eigenvalue weighted by atomic mass is 35.5. The highest BCUT2D eigenvalue weighted by molar-refractivity contribution is 6.35. The van der Waals surface area contributed by atoms with Gasteiger partial charge < -0.3 is 29.9 Å². The third-order valence-corrected chi connectivity index (χ3v) is 8.01. The fourth-order valence-corrected chi connectivity index (χ4v) is 5.55. The molecule has 2 aliphatic carbocycles. The lowest BCUT2D eigenvalue weighted by molar-refractivity contribution is -0.242. The lowest BCUT2D eigenvalue weighted by Crippen LogP contribution is -2.58. The van der Waals surface area contributed by atoms with Crippen LogP contribution in [0.2, 0.25) is 5.02 Å². The number of aromatic nitrogens is 1. The molecule has 36 heavy (non-hydrogen) atoms. The van der Waals surface area contributed by atoms with Crippen LogP contribution in [-0.4, -0.2) is 56.8 Å². The summed E-state index contributed by atoms with van der Waals surface area (Å²) in [6.07, 6.45) is 0.858. The molecule has 0 radical (unpaired) electrons. The number of nitrogens with zero attached hydrogens (tertiary/aromatic N) is 1. The van der Waals surface area contributed by atoms with Crippen molar-refractivity contribution >= 4 is 28.4 Å². The fraction of sp³-hybridized carbons (Fsp3) is 0.464. The third kappa shape index (κ3) is 4.55. The average Bonchev–Trinajstić information content (AvgIpc) is 3.80. The van der Waals surface area contributed by atoms with Crippen molar-refractivity contribution in [2.45, 2.75) is 68.7 Å². The number of hydrogen-bond acceptors (Lipinski definition) is 5. The molecule has 7 nitrogen and oxygen atoms in total. The average molecular weight is 511 g/mol. The molecule has 1 aromatic heterocycles. The summed E-state index contributed by atoms with van der Waals surface area (Å²) in [6, 6.07) is 14.3. The van der Waals surface area contributed by atoms with Crippen LogP contribution in [0.5, 0.6) is 0 Å². The molecule has 2 aromatic carbocycles. The second-order valence-electron chi connectivity index (χ2n) is 10.4. The van der Waals surface area contributed by atoms with Crippen LogP contribution in [0.3, 0.4) is 0 Å². The minimum atomic E-state index is -1.43. The van der Waals surface area contributed by atoms with Crippen LogP contribution in [0, 0.1) is 5.92 Å². The smallest absolute Gasteiger partial charge is 0.223 e. The maximum atomic E-state index is 12.1. The Balaban J connectivity index is 1.30. The van der Waals surface area contributed by atoms with Crippen molar-refractivity contribution in [3.8, 4) is 0 Å². The van der Waals surface area contributed by atoms with Crippen molar-refractivity contribution < 1.29 is 24.9 Å². The van der Waals surface area contributed by atoms with E-state index in [4.69, 9.17) is 16.3 Å². The van der Waals surface area contributed by atoms with E-state index < -0.39 is 30.6 Å². The van der Waals surface area contributed by atoms with Crippen LogP contribution in [0.15, 0.2) is 48.7 Å². The van der Waals surface area contributed by atoms with Gasteiger partial charge in [0.1, 0.15) is 24.4 Å². The van der Waals surface area contributed by atoms with E-state index in [-0.39, 0.29) is 18.4 Å². The van der Waals surface area contributed by atoms with Gasteiger partial charge in [0.15, 0.2) is 6.23 Å². The van der Waals surface area contributed by atoms with Gasteiger partial charge in [0, 0.05) is 24.0 Å². The van der Waals surface area contributed by atoms with Crippen LogP contribution >= 0.6 is 11.6 Å². The second-order valence-corrected chi connectivity index (χ2v) is 10.9. The highest BCUT2D eigenvalue weighted by Crippen LogP contribution is 2.40. The van der Waals surface area contributed by atoms with Crippen molar-refractivity contribution in [1.29, 1.82) is 0 Å². The predicted molar refractivity (Wildman–Crippen MR) is 136 cm³/mol. The molecule has 0 unspecified atom stereocenters. The lowest BCUT2D eigenvalue weighted by Gasteiger charge is -2.41. The molecule has 0 bridgehead atoms. The molecule has 3 aromatic rings. The number of rotatable bonds is 7. The van der Waals surface area contributed by atoms with Gasteiger partial charge >= 0.3 is 0 Å². The number of hydrogen-bond donors (Lipinski definition) is 4. The second kappa shape index (κ2) is 9.47. The SMILES string of the molecule is O=C(NC[C@H]1O[C@@H](n2cc(Cc3ccc(C4CC4)cc3)c3c(Cl)cccc32)[C@H](O)[C@@H](O)[C@@H]1O)C1CC1. The molecular weight excluding hydrogens is 480 g/mol. The van der Waals surface area contributed by atoms with Gasteiger partial charge in [-0.1, -0.05) is 41.9 Å². The van der Waals surface area contributed by atoms with Crippen molar-refractivity contribution in [2.75, 3.05) is 6.54 Å². The Morgan fingerprint density at radius 3 is 2.44 bits per heavy atom. The standard InChI is InChI=1S/C28H31ClN2O5/c29-20-2-1-3-21-23(20)19(12-15-4-6-16(7-5-15)17-8-9-17)14-31(21)28-26(34)25(33)24(32)22(36-28)13-30-27(35)18-10-11-18/h1-7,14,17-18,22,24-26,28,32-34H,8-13H2,(H,30,35)/t22-,24-,25+,26-,28-/m1/s1. The first-order chi connectivity index (χ1) is 17.4. The lowest BCUT2D eigenvalue weighted by atomic mass is 9.97. The molecule has 4 N–H and O–H groups in total. The third-order valence-electron chi connectivity index (χ3n) is 7.70. The molecule has 0 spiro atoms. The van der Waals surface area contributed by atoms with Crippen LogP contribution in [0.1, 0.15) is 54.5 Å². The monoisotopic (exact) mass is 510 g/mol.